The lowest BCUT2D eigenvalue weighted by Gasteiger charge is -2.10. The highest BCUT2D eigenvalue weighted by molar-refractivity contribution is 6.50. The highest BCUT2D eigenvalue weighted by atomic mass is 16.2. The van der Waals surface area contributed by atoms with Gasteiger partial charge in [0.1, 0.15) is 0 Å². The molecule has 2 aromatic carbocycles. The maximum Gasteiger partial charge on any atom is 0.259 e. The predicted octanol–water partition coefficient (Wildman–Crippen LogP) is 3.26. The number of rotatable bonds is 5. The van der Waals surface area contributed by atoms with Gasteiger partial charge in [0.25, 0.3) is 11.8 Å². The van der Waals surface area contributed by atoms with Crippen LogP contribution in [0.1, 0.15) is 11.1 Å². The van der Waals surface area contributed by atoms with Crippen molar-refractivity contribution >= 4 is 44.8 Å². The van der Waals surface area contributed by atoms with Crippen molar-refractivity contribution in [3.63, 3.8) is 0 Å². The number of aryl methyl sites for hydroxylation is 1. The number of nitrogens with one attached hydrogen (secondary N) is 1. The topological polar surface area (TPSA) is 59.3 Å². The first kappa shape index (κ1) is 19.3. The molecule has 156 valence electrons. The molecule has 0 atom stereocenters. The number of hydrogen-bond acceptors (Lipinski definition) is 3. The van der Waals surface area contributed by atoms with Gasteiger partial charge in [0.15, 0.2) is 0 Å². The third kappa shape index (κ3) is 3.07. The van der Waals surface area contributed by atoms with Gasteiger partial charge < -0.3 is 14.0 Å². The zero-order valence-electron chi connectivity index (χ0n) is 17.8. The Hall–Kier alpha value is -3.64. The van der Waals surface area contributed by atoms with Crippen molar-refractivity contribution < 1.29 is 9.59 Å². The van der Waals surface area contributed by atoms with E-state index in [2.05, 4.69) is 20.9 Å². The van der Waals surface area contributed by atoms with Crippen LogP contribution >= 0.6 is 0 Å². The molecule has 1 N–H and O–H groups in total. The van der Waals surface area contributed by atoms with Gasteiger partial charge in [-0.05, 0) is 26.2 Å². The van der Waals surface area contributed by atoms with Crippen LogP contribution in [0.2, 0.25) is 0 Å². The number of carbonyl (C=O) groups is 2. The maximum atomic E-state index is 13.0. The highest BCUT2D eigenvalue weighted by Gasteiger charge is 2.35. The second-order valence-corrected chi connectivity index (χ2v) is 8.26. The van der Waals surface area contributed by atoms with Crippen LogP contribution in [-0.4, -0.2) is 46.5 Å². The van der Waals surface area contributed by atoms with Crippen LogP contribution in [0, 0.1) is 0 Å². The molecule has 0 spiro atoms. The molecule has 3 heterocycles. The van der Waals surface area contributed by atoms with Crippen molar-refractivity contribution in [1.82, 2.24) is 19.4 Å². The lowest BCUT2D eigenvalue weighted by Crippen LogP contribution is -2.22. The van der Waals surface area contributed by atoms with Gasteiger partial charge in [0.05, 0.1) is 11.1 Å². The Morgan fingerprint density at radius 3 is 2.00 bits per heavy atom. The monoisotopic (exact) mass is 412 g/mol. The molecule has 0 saturated heterocycles. The summed E-state index contributed by atoms with van der Waals surface area (Å²) >= 11 is 0. The van der Waals surface area contributed by atoms with E-state index in [0.29, 0.717) is 11.1 Å². The maximum absolute atomic E-state index is 13.0. The molecule has 0 saturated carbocycles. The molecule has 1 aliphatic rings. The first-order valence-corrected chi connectivity index (χ1v) is 10.3. The number of aromatic nitrogens is 2. The molecule has 2 amide bonds. The second kappa shape index (κ2) is 7.25. The van der Waals surface area contributed by atoms with E-state index >= 15 is 0 Å². The van der Waals surface area contributed by atoms with E-state index in [9.17, 15) is 9.59 Å². The summed E-state index contributed by atoms with van der Waals surface area (Å²) in [6.45, 7) is 1.67. The van der Waals surface area contributed by atoms with Gasteiger partial charge in [0.2, 0.25) is 0 Å². The Morgan fingerprint density at radius 2 is 1.35 bits per heavy atom. The minimum atomic E-state index is -0.346. The summed E-state index contributed by atoms with van der Waals surface area (Å²) < 4.78 is 4.15. The zero-order chi connectivity index (χ0) is 21.7. The van der Waals surface area contributed by atoms with Gasteiger partial charge in [-0.1, -0.05) is 36.4 Å². The molecule has 0 bridgehead atoms. The van der Waals surface area contributed by atoms with Gasteiger partial charge in [0, 0.05) is 65.5 Å². The molecule has 1 aliphatic heterocycles. The van der Waals surface area contributed by atoms with Gasteiger partial charge in [-0.3, -0.25) is 14.9 Å². The van der Waals surface area contributed by atoms with E-state index < -0.39 is 0 Å². The molecule has 4 aromatic rings. The van der Waals surface area contributed by atoms with Crippen LogP contribution in [0.25, 0.3) is 33.0 Å². The van der Waals surface area contributed by atoms with Crippen LogP contribution in [0.4, 0.5) is 0 Å². The Kier molecular flexibility index (Phi) is 4.52. The van der Waals surface area contributed by atoms with Crippen molar-refractivity contribution in [3.05, 3.63) is 72.1 Å². The quantitative estimate of drug-likeness (QED) is 0.512. The Balaban J connectivity index is 1.78. The average molecular weight is 412 g/mol. The number of para-hydroxylation sites is 2. The summed E-state index contributed by atoms with van der Waals surface area (Å²) in [7, 11) is 6.03. The number of fused-ring (bicyclic) bond motifs is 2. The highest BCUT2D eigenvalue weighted by Crippen LogP contribution is 2.38. The molecule has 2 aromatic heterocycles. The number of hydrogen-bond donors (Lipinski definition) is 1. The number of amides is 2. The molecular weight excluding hydrogens is 388 g/mol. The predicted molar refractivity (Wildman–Crippen MR) is 123 cm³/mol. The van der Waals surface area contributed by atoms with Gasteiger partial charge in [-0.15, -0.1) is 0 Å². The van der Waals surface area contributed by atoms with Crippen molar-refractivity contribution in [2.75, 3.05) is 20.6 Å². The zero-order valence-corrected chi connectivity index (χ0v) is 17.8. The fourth-order valence-electron chi connectivity index (χ4n) is 4.45. The summed E-state index contributed by atoms with van der Waals surface area (Å²) in [5.74, 6) is -0.690. The van der Waals surface area contributed by atoms with Gasteiger partial charge in [-0.2, -0.15) is 0 Å². The minimum absolute atomic E-state index is 0.344. The number of imide groups is 1. The summed E-state index contributed by atoms with van der Waals surface area (Å²) in [5, 5.41) is 4.46. The molecule has 0 radical (unpaired) electrons. The standard InChI is InChI=1S/C25H24N4O2/c1-27(2)12-13-29-15-19(17-9-5-7-11-21(17)29)23-22(24(30)26-25(23)31)18-14-28(3)20-10-6-4-8-16(18)20/h4-11,14-15H,12-13H2,1-3H3,(H,26,30,31). The largest absolute Gasteiger partial charge is 0.350 e. The Bertz CT molecular complexity index is 1390. The number of benzene rings is 2. The van der Waals surface area contributed by atoms with E-state index in [1.165, 1.54) is 0 Å². The molecule has 5 rings (SSSR count). The number of likely N-dealkylation sites (N-methyl/N-ethyl adjacent to an activating group) is 1. The van der Waals surface area contributed by atoms with Crippen LogP contribution in [0.3, 0.4) is 0 Å². The first-order chi connectivity index (χ1) is 15.0. The molecule has 0 aliphatic carbocycles. The number of carbonyl (C=O) groups excluding carboxylic acids is 2. The molecule has 6 nitrogen and oxygen atoms in total. The van der Waals surface area contributed by atoms with Crippen molar-refractivity contribution in [2.45, 2.75) is 6.54 Å². The lowest BCUT2D eigenvalue weighted by molar-refractivity contribution is -0.122. The fraction of sp³-hybridized carbons (Fsp3) is 0.200. The SMILES string of the molecule is CN(C)CCn1cc(C2=C(c3cn(C)c4ccccc34)C(=O)NC2=O)c2ccccc21. The summed E-state index contributed by atoms with van der Waals surface area (Å²) in [6.07, 6.45) is 3.94. The van der Waals surface area contributed by atoms with Gasteiger partial charge >= 0.3 is 0 Å². The Morgan fingerprint density at radius 1 is 0.806 bits per heavy atom. The smallest absolute Gasteiger partial charge is 0.259 e. The van der Waals surface area contributed by atoms with Crippen molar-refractivity contribution in [2.24, 2.45) is 7.05 Å². The molecule has 31 heavy (non-hydrogen) atoms. The van der Waals surface area contributed by atoms with Crippen LogP contribution in [0.15, 0.2) is 60.9 Å². The van der Waals surface area contributed by atoms with Crippen LogP contribution in [0.5, 0.6) is 0 Å². The van der Waals surface area contributed by atoms with E-state index in [1.807, 2.05) is 80.6 Å². The Labute approximate surface area is 180 Å². The fourth-order valence-corrected chi connectivity index (χ4v) is 4.45. The lowest BCUT2D eigenvalue weighted by atomic mass is 9.95. The molecule has 0 fully saturated rings. The third-order valence-corrected chi connectivity index (χ3v) is 5.94. The van der Waals surface area contributed by atoms with E-state index in [-0.39, 0.29) is 11.8 Å². The summed E-state index contributed by atoms with van der Waals surface area (Å²) in [5.41, 5.74) is 4.53. The normalized spacial score (nSPS) is 14.5. The van der Waals surface area contributed by atoms with E-state index in [4.69, 9.17) is 0 Å². The molecular formula is C25H24N4O2. The average Bonchev–Trinajstić information content (AvgIpc) is 3.37. The molecule has 0 unspecified atom stereocenters. The van der Waals surface area contributed by atoms with Crippen molar-refractivity contribution in [3.8, 4) is 0 Å². The van der Waals surface area contributed by atoms with E-state index in [1.54, 1.807) is 0 Å². The summed E-state index contributed by atoms with van der Waals surface area (Å²) in [6, 6.07) is 16.0. The van der Waals surface area contributed by atoms with Crippen LogP contribution < -0.4 is 5.32 Å². The summed E-state index contributed by atoms with van der Waals surface area (Å²) in [4.78, 5) is 28.1. The van der Waals surface area contributed by atoms with Crippen LogP contribution in [-0.2, 0) is 23.2 Å². The van der Waals surface area contributed by atoms with Gasteiger partial charge in [-0.25, -0.2) is 0 Å². The second-order valence-electron chi connectivity index (χ2n) is 8.26. The first-order valence-electron chi connectivity index (χ1n) is 10.3. The number of nitrogens with zero attached hydrogens (tertiary/aromatic N) is 3. The molecule has 6 heteroatoms. The van der Waals surface area contributed by atoms with Crippen molar-refractivity contribution in [1.29, 1.82) is 0 Å². The van der Waals surface area contributed by atoms with E-state index in [0.717, 1.165) is 46.0 Å². The minimum Gasteiger partial charge on any atom is -0.350 e. The third-order valence-electron chi connectivity index (χ3n) is 5.94.